The number of amides is 2. The second-order valence-corrected chi connectivity index (χ2v) is 7.05. The molecular formula is C20H20N4O5S. The number of nitro benzene ring substituents is 1. The number of carbonyl (C=O) groups is 2. The lowest BCUT2D eigenvalue weighted by molar-refractivity contribution is -0.384. The Labute approximate surface area is 178 Å². The van der Waals surface area contributed by atoms with E-state index in [9.17, 15) is 19.7 Å². The molecule has 156 valence electrons. The van der Waals surface area contributed by atoms with Crippen LogP contribution in [0.2, 0.25) is 0 Å². The molecule has 2 amide bonds. The number of nitrogens with zero attached hydrogens (tertiary/aromatic N) is 1. The Hall–Kier alpha value is -3.37. The lowest BCUT2D eigenvalue weighted by Gasteiger charge is -2.12. The van der Waals surface area contributed by atoms with Crippen LogP contribution in [-0.4, -0.2) is 41.1 Å². The zero-order chi connectivity index (χ0) is 21.5. The van der Waals surface area contributed by atoms with Crippen LogP contribution in [0.15, 0.2) is 48.5 Å². The zero-order valence-corrected chi connectivity index (χ0v) is 16.7. The van der Waals surface area contributed by atoms with Crippen LogP contribution in [0.4, 0.5) is 11.4 Å². The molecule has 30 heavy (non-hydrogen) atoms. The first kappa shape index (κ1) is 21.3. The van der Waals surface area contributed by atoms with Gasteiger partial charge in [-0.2, -0.15) is 0 Å². The molecule has 0 spiro atoms. The van der Waals surface area contributed by atoms with Crippen molar-refractivity contribution in [3.63, 3.8) is 0 Å². The second-order valence-electron chi connectivity index (χ2n) is 6.64. The summed E-state index contributed by atoms with van der Waals surface area (Å²) in [6, 6.07) is 12.0. The number of carbonyl (C=O) groups excluding carboxylic acids is 2. The van der Waals surface area contributed by atoms with Gasteiger partial charge in [-0.3, -0.25) is 25.0 Å². The highest BCUT2D eigenvalue weighted by atomic mass is 32.1. The SMILES string of the molecule is O=C(NCC1CCCO1)c1cccc(NC(=S)NC(=O)c2cccc([N+](=O)[O-])c2)c1. The molecule has 1 fully saturated rings. The van der Waals surface area contributed by atoms with Crippen molar-refractivity contribution in [1.29, 1.82) is 0 Å². The van der Waals surface area contributed by atoms with Crippen LogP contribution in [0.3, 0.4) is 0 Å². The number of hydrogen-bond donors (Lipinski definition) is 3. The lowest BCUT2D eigenvalue weighted by atomic mass is 10.1. The van der Waals surface area contributed by atoms with Crippen molar-refractivity contribution in [2.75, 3.05) is 18.5 Å². The van der Waals surface area contributed by atoms with E-state index in [1.54, 1.807) is 24.3 Å². The van der Waals surface area contributed by atoms with Gasteiger partial charge in [-0.1, -0.05) is 12.1 Å². The topological polar surface area (TPSA) is 123 Å². The van der Waals surface area contributed by atoms with E-state index in [2.05, 4.69) is 16.0 Å². The summed E-state index contributed by atoms with van der Waals surface area (Å²) >= 11 is 5.14. The van der Waals surface area contributed by atoms with E-state index in [0.29, 0.717) is 17.8 Å². The monoisotopic (exact) mass is 428 g/mol. The van der Waals surface area contributed by atoms with Gasteiger partial charge in [0.1, 0.15) is 0 Å². The standard InChI is InChI=1S/C20H20N4O5S/c25-18(21-12-17-8-3-9-29-17)13-4-1-6-15(10-13)22-20(30)23-19(26)14-5-2-7-16(11-14)24(27)28/h1-2,4-7,10-11,17H,3,8-9,12H2,(H,21,25)(H2,22,23,26,30). The molecule has 2 aromatic carbocycles. The Morgan fingerprint density at radius 1 is 1.13 bits per heavy atom. The highest BCUT2D eigenvalue weighted by molar-refractivity contribution is 7.80. The number of anilines is 1. The van der Waals surface area contributed by atoms with Crippen molar-refractivity contribution in [2.24, 2.45) is 0 Å². The Morgan fingerprint density at radius 3 is 2.57 bits per heavy atom. The quantitative estimate of drug-likeness (QED) is 0.367. The van der Waals surface area contributed by atoms with Crippen LogP contribution in [0.1, 0.15) is 33.6 Å². The Balaban J connectivity index is 1.56. The third-order valence-corrected chi connectivity index (χ3v) is 4.65. The van der Waals surface area contributed by atoms with E-state index in [1.807, 2.05) is 0 Å². The van der Waals surface area contributed by atoms with E-state index < -0.39 is 10.8 Å². The third-order valence-electron chi connectivity index (χ3n) is 4.44. The summed E-state index contributed by atoms with van der Waals surface area (Å²) in [4.78, 5) is 34.9. The van der Waals surface area contributed by atoms with Gasteiger partial charge in [-0.25, -0.2) is 0 Å². The Bertz CT molecular complexity index is 975. The van der Waals surface area contributed by atoms with E-state index >= 15 is 0 Å². The molecule has 1 atom stereocenters. The smallest absolute Gasteiger partial charge is 0.270 e. The summed E-state index contributed by atoms with van der Waals surface area (Å²) in [5.41, 5.74) is 0.869. The fourth-order valence-corrected chi connectivity index (χ4v) is 3.16. The number of non-ortho nitro benzene ring substituents is 1. The van der Waals surface area contributed by atoms with Crippen molar-refractivity contribution in [1.82, 2.24) is 10.6 Å². The van der Waals surface area contributed by atoms with Crippen LogP contribution < -0.4 is 16.0 Å². The summed E-state index contributed by atoms with van der Waals surface area (Å²) in [5, 5.41) is 19.0. The van der Waals surface area contributed by atoms with Crippen molar-refractivity contribution >= 4 is 40.5 Å². The van der Waals surface area contributed by atoms with Crippen LogP contribution in [0.5, 0.6) is 0 Å². The number of rotatable bonds is 6. The molecule has 3 N–H and O–H groups in total. The molecule has 1 saturated heterocycles. The van der Waals surface area contributed by atoms with E-state index in [-0.39, 0.29) is 28.4 Å². The minimum absolute atomic E-state index is 0.00317. The van der Waals surface area contributed by atoms with Gasteiger partial charge in [-0.15, -0.1) is 0 Å². The molecule has 0 bridgehead atoms. The molecule has 3 rings (SSSR count). The Kier molecular flexibility index (Phi) is 7.04. The molecule has 9 nitrogen and oxygen atoms in total. The van der Waals surface area contributed by atoms with Gasteiger partial charge in [0, 0.05) is 42.1 Å². The minimum Gasteiger partial charge on any atom is -0.376 e. The van der Waals surface area contributed by atoms with Crippen LogP contribution in [0, 0.1) is 10.1 Å². The highest BCUT2D eigenvalue weighted by Gasteiger charge is 2.17. The molecule has 0 aliphatic carbocycles. The molecule has 2 aromatic rings. The molecule has 1 aliphatic heterocycles. The predicted octanol–water partition coefficient (Wildman–Crippen LogP) is 2.63. The van der Waals surface area contributed by atoms with Crippen LogP contribution in [-0.2, 0) is 4.74 Å². The maximum Gasteiger partial charge on any atom is 0.270 e. The lowest BCUT2D eigenvalue weighted by Crippen LogP contribution is -2.34. The number of benzene rings is 2. The van der Waals surface area contributed by atoms with Crippen molar-refractivity contribution in [3.05, 3.63) is 69.8 Å². The van der Waals surface area contributed by atoms with Crippen molar-refractivity contribution in [2.45, 2.75) is 18.9 Å². The first-order valence-electron chi connectivity index (χ1n) is 9.29. The number of nitrogens with one attached hydrogen (secondary N) is 3. The Morgan fingerprint density at radius 2 is 1.87 bits per heavy atom. The van der Waals surface area contributed by atoms with Gasteiger partial charge in [0.2, 0.25) is 0 Å². The fraction of sp³-hybridized carbons (Fsp3) is 0.250. The number of hydrogen-bond acceptors (Lipinski definition) is 6. The van der Waals surface area contributed by atoms with Crippen LogP contribution in [0.25, 0.3) is 0 Å². The maximum absolute atomic E-state index is 12.3. The summed E-state index contributed by atoms with van der Waals surface area (Å²) in [7, 11) is 0. The molecule has 0 aromatic heterocycles. The average Bonchev–Trinajstić information content (AvgIpc) is 3.26. The van der Waals surface area contributed by atoms with Gasteiger partial charge in [-0.05, 0) is 49.3 Å². The van der Waals surface area contributed by atoms with Crippen LogP contribution >= 0.6 is 12.2 Å². The van der Waals surface area contributed by atoms with E-state index in [1.165, 1.54) is 18.2 Å². The van der Waals surface area contributed by atoms with E-state index in [4.69, 9.17) is 17.0 Å². The molecular weight excluding hydrogens is 408 g/mol. The maximum atomic E-state index is 12.3. The molecule has 1 unspecified atom stereocenters. The van der Waals surface area contributed by atoms with E-state index in [0.717, 1.165) is 25.5 Å². The van der Waals surface area contributed by atoms with Crippen molar-refractivity contribution < 1.29 is 19.2 Å². The average molecular weight is 428 g/mol. The van der Waals surface area contributed by atoms with Gasteiger partial charge in [0.25, 0.3) is 17.5 Å². The molecule has 0 saturated carbocycles. The largest absolute Gasteiger partial charge is 0.376 e. The minimum atomic E-state index is -0.582. The molecule has 10 heteroatoms. The summed E-state index contributed by atoms with van der Waals surface area (Å²) < 4.78 is 5.49. The third kappa shape index (κ3) is 5.82. The van der Waals surface area contributed by atoms with Gasteiger partial charge in [0.15, 0.2) is 5.11 Å². The molecule has 1 aliphatic rings. The zero-order valence-electron chi connectivity index (χ0n) is 15.9. The first-order chi connectivity index (χ1) is 14.4. The summed E-state index contributed by atoms with van der Waals surface area (Å²) in [6.45, 7) is 1.17. The molecule has 1 heterocycles. The first-order valence-corrected chi connectivity index (χ1v) is 9.70. The summed E-state index contributed by atoms with van der Waals surface area (Å²) in [5.74, 6) is -0.817. The molecule has 0 radical (unpaired) electrons. The predicted molar refractivity (Wildman–Crippen MR) is 115 cm³/mol. The number of nitro groups is 1. The number of ether oxygens (including phenoxy) is 1. The fourth-order valence-electron chi connectivity index (χ4n) is 2.95. The van der Waals surface area contributed by atoms with Gasteiger partial charge >= 0.3 is 0 Å². The number of thiocarbonyl (C=S) groups is 1. The normalized spacial score (nSPS) is 15.3. The van der Waals surface area contributed by atoms with Gasteiger partial charge < -0.3 is 15.4 Å². The van der Waals surface area contributed by atoms with Gasteiger partial charge in [0.05, 0.1) is 11.0 Å². The highest BCUT2D eigenvalue weighted by Crippen LogP contribution is 2.14. The summed E-state index contributed by atoms with van der Waals surface area (Å²) in [6.07, 6.45) is 1.98. The second kappa shape index (κ2) is 9.90. The van der Waals surface area contributed by atoms with Crippen molar-refractivity contribution in [3.8, 4) is 0 Å².